The first-order valence-electron chi connectivity index (χ1n) is 8.64. The SMILES string of the molecule is CC(C)/C=C/CCNC(=O)c1cnc(OCC(O)CNC(C)(C)C)s1. The van der Waals surface area contributed by atoms with E-state index in [2.05, 4.69) is 41.6 Å². The van der Waals surface area contributed by atoms with Crippen LogP contribution in [-0.4, -0.2) is 47.3 Å². The molecule has 1 aromatic rings. The van der Waals surface area contributed by atoms with Gasteiger partial charge in [-0.25, -0.2) is 4.98 Å². The molecule has 6 nitrogen and oxygen atoms in total. The van der Waals surface area contributed by atoms with Crippen molar-refractivity contribution in [3.63, 3.8) is 0 Å². The average Bonchev–Trinajstić information content (AvgIpc) is 2.98. The Morgan fingerprint density at radius 2 is 2.16 bits per heavy atom. The van der Waals surface area contributed by atoms with Gasteiger partial charge in [0.15, 0.2) is 0 Å². The number of allylic oxidation sites excluding steroid dienone is 1. The third-order valence-corrected chi connectivity index (χ3v) is 4.00. The first-order valence-corrected chi connectivity index (χ1v) is 9.45. The van der Waals surface area contributed by atoms with Crippen molar-refractivity contribution in [2.75, 3.05) is 19.7 Å². The molecule has 0 aliphatic rings. The van der Waals surface area contributed by atoms with Gasteiger partial charge in [-0.05, 0) is 33.1 Å². The average molecular weight is 370 g/mol. The van der Waals surface area contributed by atoms with E-state index in [1.54, 1.807) is 0 Å². The van der Waals surface area contributed by atoms with Crippen LogP contribution in [0.2, 0.25) is 0 Å². The van der Waals surface area contributed by atoms with E-state index >= 15 is 0 Å². The molecule has 1 atom stereocenters. The number of aliphatic hydroxyl groups excluding tert-OH is 1. The smallest absolute Gasteiger partial charge is 0.273 e. The Bertz CT molecular complexity index is 550. The summed E-state index contributed by atoms with van der Waals surface area (Å²) in [7, 11) is 0. The van der Waals surface area contributed by atoms with Crippen molar-refractivity contribution < 1.29 is 14.6 Å². The van der Waals surface area contributed by atoms with Crippen LogP contribution in [0.5, 0.6) is 5.19 Å². The molecule has 0 aliphatic heterocycles. The minimum atomic E-state index is -0.631. The first kappa shape index (κ1) is 21.6. The summed E-state index contributed by atoms with van der Waals surface area (Å²) >= 11 is 1.18. The molecule has 1 heterocycles. The number of hydrogen-bond acceptors (Lipinski definition) is 6. The summed E-state index contributed by atoms with van der Waals surface area (Å²) in [5.41, 5.74) is -0.0578. The number of nitrogens with zero attached hydrogens (tertiary/aromatic N) is 1. The Kier molecular flexibility index (Phi) is 9.10. The molecular formula is C18H31N3O3S. The van der Waals surface area contributed by atoms with Gasteiger partial charge < -0.3 is 20.5 Å². The van der Waals surface area contributed by atoms with E-state index in [1.165, 1.54) is 17.5 Å². The molecule has 1 amide bonds. The van der Waals surface area contributed by atoms with Crippen LogP contribution < -0.4 is 15.4 Å². The van der Waals surface area contributed by atoms with E-state index in [0.717, 1.165) is 6.42 Å². The maximum absolute atomic E-state index is 12.0. The van der Waals surface area contributed by atoms with Crippen molar-refractivity contribution in [3.8, 4) is 5.19 Å². The van der Waals surface area contributed by atoms with E-state index in [9.17, 15) is 9.90 Å². The Balaban J connectivity index is 2.32. The van der Waals surface area contributed by atoms with Gasteiger partial charge in [-0.2, -0.15) is 0 Å². The van der Waals surface area contributed by atoms with Crippen molar-refractivity contribution in [1.82, 2.24) is 15.6 Å². The lowest BCUT2D eigenvalue weighted by molar-refractivity contribution is 0.0958. The zero-order valence-electron chi connectivity index (χ0n) is 15.8. The number of aromatic nitrogens is 1. The summed E-state index contributed by atoms with van der Waals surface area (Å²) < 4.78 is 5.46. The highest BCUT2D eigenvalue weighted by atomic mass is 32.1. The molecule has 1 rings (SSSR count). The van der Waals surface area contributed by atoms with Gasteiger partial charge in [-0.3, -0.25) is 4.79 Å². The summed E-state index contributed by atoms with van der Waals surface area (Å²) in [6.45, 7) is 11.5. The van der Waals surface area contributed by atoms with E-state index < -0.39 is 6.10 Å². The highest BCUT2D eigenvalue weighted by Crippen LogP contribution is 2.20. The quantitative estimate of drug-likeness (QED) is 0.436. The molecule has 142 valence electrons. The number of nitrogens with one attached hydrogen (secondary N) is 2. The highest BCUT2D eigenvalue weighted by Gasteiger charge is 2.14. The van der Waals surface area contributed by atoms with Crippen LogP contribution in [0.15, 0.2) is 18.3 Å². The van der Waals surface area contributed by atoms with Gasteiger partial charge in [-0.15, -0.1) is 0 Å². The highest BCUT2D eigenvalue weighted by molar-refractivity contribution is 7.15. The third kappa shape index (κ3) is 10.2. The number of thiazole rings is 1. The zero-order valence-corrected chi connectivity index (χ0v) is 16.7. The molecule has 0 radical (unpaired) electrons. The molecule has 0 saturated heterocycles. The second-order valence-corrected chi connectivity index (χ2v) is 8.30. The minimum absolute atomic E-state index is 0.0578. The fourth-order valence-corrected chi connectivity index (χ4v) is 2.50. The fourth-order valence-electron chi connectivity index (χ4n) is 1.80. The maximum Gasteiger partial charge on any atom is 0.273 e. The normalized spacial score (nSPS) is 13.4. The summed E-state index contributed by atoms with van der Waals surface area (Å²) in [6, 6.07) is 0. The molecule has 25 heavy (non-hydrogen) atoms. The number of aliphatic hydroxyl groups is 1. The number of ether oxygens (including phenoxy) is 1. The molecule has 0 aliphatic carbocycles. The van der Waals surface area contributed by atoms with Crippen molar-refractivity contribution in [2.24, 2.45) is 5.92 Å². The van der Waals surface area contributed by atoms with Gasteiger partial charge in [0, 0.05) is 18.6 Å². The van der Waals surface area contributed by atoms with E-state index in [1.807, 2.05) is 20.8 Å². The summed E-state index contributed by atoms with van der Waals surface area (Å²) in [5, 5.41) is 16.3. The maximum atomic E-state index is 12.0. The monoisotopic (exact) mass is 369 g/mol. The molecule has 0 spiro atoms. The Hall–Kier alpha value is -1.44. The Morgan fingerprint density at radius 3 is 2.80 bits per heavy atom. The topological polar surface area (TPSA) is 83.5 Å². The molecule has 0 aromatic carbocycles. The van der Waals surface area contributed by atoms with Crippen LogP contribution in [0.1, 0.15) is 50.7 Å². The molecule has 3 N–H and O–H groups in total. The first-order chi connectivity index (χ1) is 11.7. The van der Waals surface area contributed by atoms with Crippen LogP contribution in [0, 0.1) is 5.92 Å². The van der Waals surface area contributed by atoms with E-state index in [-0.39, 0.29) is 18.1 Å². The van der Waals surface area contributed by atoms with Gasteiger partial charge >= 0.3 is 0 Å². The number of carbonyl (C=O) groups is 1. The number of hydrogen-bond donors (Lipinski definition) is 3. The summed E-state index contributed by atoms with van der Waals surface area (Å²) in [4.78, 5) is 16.6. The molecular weight excluding hydrogens is 338 g/mol. The van der Waals surface area contributed by atoms with Crippen LogP contribution in [0.4, 0.5) is 0 Å². The molecule has 1 aromatic heterocycles. The van der Waals surface area contributed by atoms with Crippen LogP contribution in [-0.2, 0) is 0 Å². The Labute approximate surface area is 154 Å². The number of carbonyl (C=O) groups excluding carboxylic acids is 1. The largest absolute Gasteiger partial charge is 0.467 e. The number of amides is 1. The van der Waals surface area contributed by atoms with E-state index in [4.69, 9.17) is 4.74 Å². The van der Waals surface area contributed by atoms with Crippen molar-refractivity contribution in [2.45, 2.75) is 52.7 Å². The van der Waals surface area contributed by atoms with Crippen molar-refractivity contribution in [1.29, 1.82) is 0 Å². The molecule has 0 fully saturated rings. The Morgan fingerprint density at radius 1 is 1.44 bits per heavy atom. The van der Waals surface area contributed by atoms with Crippen LogP contribution >= 0.6 is 11.3 Å². The standard InChI is InChI=1S/C18H31N3O3S/c1-13(2)8-6-7-9-19-16(23)15-11-20-17(25-15)24-12-14(22)10-21-18(3,4)5/h6,8,11,13-14,21-22H,7,9-10,12H2,1-5H3,(H,19,23)/b8-6+. The van der Waals surface area contributed by atoms with Gasteiger partial charge in [0.2, 0.25) is 0 Å². The molecule has 1 unspecified atom stereocenters. The zero-order chi connectivity index (χ0) is 18.9. The van der Waals surface area contributed by atoms with Crippen molar-refractivity contribution in [3.05, 3.63) is 23.2 Å². The van der Waals surface area contributed by atoms with Gasteiger partial charge in [0.05, 0.1) is 6.20 Å². The predicted octanol–water partition coefficient (Wildman–Crippen LogP) is 2.60. The molecule has 0 bridgehead atoms. The number of rotatable bonds is 10. The lowest BCUT2D eigenvalue weighted by Gasteiger charge is -2.22. The van der Waals surface area contributed by atoms with Crippen LogP contribution in [0.3, 0.4) is 0 Å². The predicted molar refractivity (Wildman–Crippen MR) is 102 cm³/mol. The summed E-state index contributed by atoms with van der Waals surface area (Å²) in [5.74, 6) is 0.367. The van der Waals surface area contributed by atoms with Gasteiger partial charge in [0.1, 0.15) is 17.6 Å². The minimum Gasteiger partial charge on any atom is -0.467 e. The second kappa shape index (κ2) is 10.5. The molecule has 0 saturated carbocycles. The van der Waals surface area contributed by atoms with Gasteiger partial charge in [0.25, 0.3) is 11.1 Å². The lowest BCUT2D eigenvalue weighted by atomic mass is 10.1. The fraction of sp³-hybridized carbons (Fsp3) is 0.667. The lowest BCUT2D eigenvalue weighted by Crippen LogP contribution is -2.42. The second-order valence-electron chi connectivity index (χ2n) is 7.30. The number of β-amino-alcohol motifs (C(OH)–C–C–N with tert-alkyl or cyclic N) is 1. The summed E-state index contributed by atoms with van der Waals surface area (Å²) in [6.07, 6.45) is 5.86. The van der Waals surface area contributed by atoms with Gasteiger partial charge in [-0.1, -0.05) is 37.3 Å². The third-order valence-electron chi connectivity index (χ3n) is 3.09. The van der Waals surface area contributed by atoms with E-state index in [0.29, 0.717) is 29.1 Å². The molecule has 7 heteroatoms. The van der Waals surface area contributed by atoms with Crippen molar-refractivity contribution >= 4 is 17.2 Å². The van der Waals surface area contributed by atoms with Crippen LogP contribution in [0.25, 0.3) is 0 Å².